The number of hydrogen-bond acceptors (Lipinski definition) is 5. The molecule has 1 rings (SSSR count). The number of amides is 1. The summed E-state index contributed by atoms with van der Waals surface area (Å²) in [5.74, 6) is -1.16. The zero-order chi connectivity index (χ0) is 16.0. The average Bonchev–Trinajstić information content (AvgIpc) is 2.84. The van der Waals surface area contributed by atoms with E-state index < -0.39 is 11.9 Å². The van der Waals surface area contributed by atoms with E-state index in [4.69, 9.17) is 5.11 Å². The molecular formula is C14H23N3O3S. The average molecular weight is 313 g/mol. The summed E-state index contributed by atoms with van der Waals surface area (Å²) in [7, 11) is 3.45. The minimum absolute atomic E-state index is 0.0303. The van der Waals surface area contributed by atoms with Crippen LogP contribution in [0.5, 0.6) is 0 Å². The molecule has 7 heteroatoms. The van der Waals surface area contributed by atoms with Crippen LogP contribution in [0.2, 0.25) is 0 Å². The Bertz CT molecular complexity index is 488. The molecule has 1 aromatic heterocycles. The molecule has 0 aliphatic heterocycles. The molecule has 0 radical (unpaired) electrons. The highest BCUT2D eigenvalue weighted by Gasteiger charge is 2.16. The van der Waals surface area contributed by atoms with Crippen molar-refractivity contribution >= 4 is 23.2 Å². The summed E-state index contributed by atoms with van der Waals surface area (Å²) in [6.07, 6.45) is 0.315. The first-order valence-electron chi connectivity index (χ1n) is 6.92. The first-order chi connectivity index (χ1) is 9.83. The molecule has 0 aliphatic carbocycles. The van der Waals surface area contributed by atoms with Crippen LogP contribution < -0.4 is 0 Å². The number of nitrogens with zero attached hydrogens (tertiary/aromatic N) is 3. The van der Waals surface area contributed by atoms with Gasteiger partial charge in [0.2, 0.25) is 5.91 Å². The fourth-order valence-corrected chi connectivity index (χ4v) is 2.57. The van der Waals surface area contributed by atoms with Gasteiger partial charge in [-0.25, -0.2) is 4.98 Å². The van der Waals surface area contributed by atoms with Gasteiger partial charge in [-0.2, -0.15) is 0 Å². The summed E-state index contributed by atoms with van der Waals surface area (Å²) in [5, 5.41) is 11.7. The van der Waals surface area contributed by atoms with Crippen molar-refractivity contribution in [3.8, 4) is 0 Å². The predicted octanol–water partition coefficient (Wildman–Crippen LogP) is 1.32. The Morgan fingerprint density at radius 3 is 2.62 bits per heavy atom. The molecular weight excluding hydrogens is 290 g/mol. The van der Waals surface area contributed by atoms with Crippen LogP contribution in [0.15, 0.2) is 5.38 Å². The van der Waals surface area contributed by atoms with Crippen LogP contribution in [-0.2, 0) is 22.6 Å². The fraction of sp³-hybridized carbons (Fsp3) is 0.643. The zero-order valence-electron chi connectivity index (χ0n) is 13.0. The Balaban J connectivity index is 2.59. The van der Waals surface area contributed by atoms with E-state index in [0.29, 0.717) is 19.5 Å². The molecule has 0 fully saturated rings. The lowest BCUT2D eigenvalue weighted by Crippen LogP contribution is -2.31. The SMILES string of the molecule is CCN(Cc1csc(CC(=O)N(C)C)n1)CC(C)C(=O)O. The first kappa shape index (κ1) is 17.6. The molecule has 1 unspecified atom stereocenters. The maximum absolute atomic E-state index is 11.6. The summed E-state index contributed by atoms with van der Waals surface area (Å²) in [6, 6.07) is 0. The Morgan fingerprint density at radius 1 is 1.43 bits per heavy atom. The van der Waals surface area contributed by atoms with Crippen LogP contribution >= 0.6 is 11.3 Å². The van der Waals surface area contributed by atoms with Gasteiger partial charge in [0.25, 0.3) is 0 Å². The van der Waals surface area contributed by atoms with E-state index >= 15 is 0 Å². The highest BCUT2D eigenvalue weighted by molar-refractivity contribution is 7.09. The summed E-state index contributed by atoms with van der Waals surface area (Å²) in [4.78, 5) is 30.6. The molecule has 0 saturated carbocycles. The van der Waals surface area contributed by atoms with E-state index in [0.717, 1.165) is 17.2 Å². The fourth-order valence-electron chi connectivity index (χ4n) is 1.79. The number of aliphatic carboxylic acids is 1. The van der Waals surface area contributed by atoms with Gasteiger partial charge in [-0.1, -0.05) is 13.8 Å². The standard InChI is InChI=1S/C14H23N3O3S/c1-5-17(7-10(2)14(19)20)8-11-9-21-12(15-11)6-13(18)16(3)4/h9-10H,5-8H2,1-4H3,(H,19,20). The van der Waals surface area contributed by atoms with Crippen LogP contribution in [0.4, 0.5) is 0 Å². The number of aromatic nitrogens is 1. The van der Waals surface area contributed by atoms with E-state index in [9.17, 15) is 9.59 Å². The monoisotopic (exact) mass is 313 g/mol. The van der Waals surface area contributed by atoms with Crippen LogP contribution in [0.1, 0.15) is 24.5 Å². The predicted molar refractivity (Wildman–Crippen MR) is 82.3 cm³/mol. The van der Waals surface area contributed by atoms with E-state index in [1.807, 2.05) is 17.2 Å². The molecule has 21 heavy (non-hydrogen) atoms. The number of carbonyl (C=O) groups excluding carboxylic acids is 1. The topological polar surface area (TPSA) is 73.7 Å². The van der Waals surface area contributed by atoms with Gasteiger partial charge in [0.05, 0.1) is 18.0 Å². The smallest absolute Gasteiger partial charge is 0.307 e. The van der Waals surface area contributed by atoms with Crippen molar-refractivity contribution in [1.82, 2.24) is 14.8 Å². The van der Waals surface area contributed by atoms with E-state index in [1.54, 1.807) is 25.9 Å². The maximum atomic E-state index is 11.6. The van der Waals surface area contributed by atoms with Gasteiger partial charge < -0.3 is 10.0 Å². The minimum atomic E-state index is -0.788. The van der Waals surface area contributed by atoms with E-state index in [-0.39, 0.29) is 5.91 Å². The molecule has 6 nitrogen and oxygen atoms in total. The number of thiazole rings is 1. The second-order valence-electron chi connectivity index (χ2n) is 5.26. The third kappa shape index (κ3) is 5.81. The van der Waals surface area contributed by atoms with Crippen molar-refractivity contribution in [1.29, 1.82) is 0 Å². The molecule has 0 aromatic carbocycles. The third-order valence-electron chi connectivity index (χ3n) is 3.19. The van der Waals surface area contributed by atoms with Crippen LogP contribution in [-0.4, -0.2) is 59.0 Å². The molecule has 1 atom stereocenters. The van der Waals surface area contributed by atoms with Crippen molar-refractivity contribution in [2.24, 2.45) is 5.92 Å². The van der Waals surface area contributed by atoms with Crippen LogP contribution in [0.25, 0.3) is 0 Å². The zero-order valence-corrected chi connectivity index (χ0v) is 13.8. The number of carboxylic acid groups (broad SMARTS) is 1. The lowest BCUT2D eigenvalue weighted by atomic mass is 10.1. The largest absolute Gasteiger partial charge is 0.481 e. The second kappa shape index (κ2) is 8.09. The lowest BCUT2D eigenvalue weighted by molar-refractivity contribution is -0.141. The number of carboxylic acids is 1. The van der Waals surface area contributed by atoms with E-state index in [1.165, 1.54) is 11.3 Å². The summed E-state index contributed by atoms with van der Waals surface area (Å²) in [5.41, 5.74) is 0.890. The maximum Gasteiger partial charge on any atom is 0.307 e. The third-order valence-corrected chi connectivity index (χ3v) is 4.08. The molecule has 1 amide bonds. The Morgan fingerprint density at radius 2 is 2.10 bits per heavy atom. The second-order valence-corrected chi connectivity index (χ2v) is 6.21. The van der Waals surface area contributed by atoms with Crippen molar-refractivity contribution in [3.63, 3.8) is 0 Å². The minimum Gasteiger partial charge on any atom is -0.481 e. The van der Waals surface area contributed by atoms with Crippen molar-refractivity contribution in [2.75, 3.05) is 27.2 Å². The molecule has 0 aliphatic rings. The number of rotatable bonds is 8. The van der Waals surface area contributed by atoms with Crippen molar-refractivity contribution in [2.45, 2.75) is 26.8 Å². The van der Waals surface area contributed by atoms with Gasteiger partial charge in [0, 0.05) is 32.6 Å². The van der Waals surface area contributed by atoms with Crippen LogP contribution in [0, 0.1) is 5.92 Å². The van der Waals surface area contributed by atoms with Gasteiger partial charge in [-0.15, -0.1) is 11.3 Å². The molecule has 0 bridgehead atoms. The Hall–Kier alpha value is -1.47. The summed E-state index contributed by atoms with van der Waals surface area (Å²) >= 11 is 1.47. The molecule has 1 heterocycles. The van der Waals surface area contributed by atoms with Crippen LogP contribution in [0.3, 0.4) is 0 Å². The Kier molecular flexibility index (Phi) is 6.77. The first-order valence-corrected chi connectivity index (χ1v) is 7.80. The molecule has 0 saturated heterocycles. The van der Waals surface area contributed by atoms with Gasteiger partial charge >= 0.3 is 5.97 Å². The molecule has 0 spiro atoms. The summed E-state index contributed by atoms with van der Waals surface area (Å²) in [6.45, 7) is 5.57. The summed E-state index contributed by atoms with van der Waals surface area (Å²) < 4.78 is 0. The van der Waals surface area contributed by atoms with E-state index in [2.05, 4.69) is 4.98 Å². The van der Waals surface area contributed by atoms with Gasteiger partial charge in [-0.3, -0.25) is 14.5 Å². The van der Waals surface area contributed by atoms with Gasteiger partial charge in [0.15, 0.2) is 0 Å². The number of carbonyl (C=O) groups is 2. The van der Waals surface area contributed by atoms with Gasteiger partial charge in [0.1, 0.15) is 5.01 Å². The molecule has 1 N–H and O–H groups in total. The highest BCUT2D eigenvalue weighted by atomic mass is 32.1. The highest BCUT2D eigenvalue weighted by Crippen LogP contribution is 2.14. The Labute approximate surface area is 129 Å². The van der Waals surface area contributed by atoms with Crippen molar-refractivity contribution in [3.05, 3.63) is 16.1 Å². The van der Waals surface area contributed by atoms with Gasteiger partial charge in [-0.05, 0) is 6.54 Å². The molecule has 1 aromatic rings. The number of hydrogen-bond donors (Lipinski definition) is 1. The van der Waals surface area contributed by atoms with Crippen molar-refractivity contribution < 1.29 is 14.7 Å². The lowest BCUT2D eigenvalue weighted by Gasteiger charge is -2.21. The number of likely N-dealkylation sites (N-methyl/N-ethyl adjacent to an activating group) is 1. The normalized spacial score (nSPS) is 12.4. The molecule has 118 valence electrons. The quantitative estimate of drug-likeness (QED) is 0.783.